The predicted octanol–water partition coefficient (Wildman–Crippen LogP) is 3.63. The van der Waals surface area contributed by atoms with Crippen LogP contribution in [-0.2, 0) is 17.8 Å². The number of nitrogens with one attached hydrogen (secondary N) is 1. The summed E-state index contributed by atoms with van der Waals surface area (Å²) in [6, 6.07) is 14.3. The fourth-order valence-corrected chi connectivity index (χ4v) is 2.90. The van der Waals surface area contributed by atoms with Gasteiger partial charge in [0.25, 0.3) is 0 Å². The minimum atomic E-state index is -0.106. The number of likely N-dealkylation sites (N-methyl/N-ethyl adjacent to an activating group) is 1. The van der Waals surface area contributed by atoms with Gasteiger partial charge in [-0.05, 0) is 60.9 Å². The van der Waals surface area contributed by atoms with E-state index in [1.807, 2.05) is 37.3 Å². The monoisotopic (exact) mass is 306 g/mol. The van der Waals surface area contributed by atoms with Crippen molar-refractivity contribution in [2.45, 2.75) is 19.9 Å². The molecule has 2 aromatic carbocycles. The van der Waals surface area contributed by atoms with E-state index in [0.717, 1.165) is 36.3 Å². The molecule has 0 bridgehead atoms. The van der Waals surface area contributed by atoms with Crippen molar-refractivity contribution in [3.8, 4) is 0 Å². The molecule has 0 saturated heterocycles. The first kappa shape index (κ1) is 15.5. The fourth-order valence-electron chi connectivity index (χ4n) is 2.90. The van der Waals surface area contributed by atoms with Gasteiger partial charge in [-0.25, -0.2) is 0 Å². The van der Waals surface area contributed by atoms with E-state index in [2.05, 4.69) is 35.5 Å². The van der Waals surface area contributed by atoms with Gasteiger partial charge in [0.05, 0.1) is 0 Å². The molecule has 0 aliphatic carbocycles. The third-order valence-corrected chi connectivity index (χ3v) is 4.15. The van der Waals surface area contributed by atoms with E-state index in [-0.39, 0.29) is 5.91 Å². The first-order chi connectivity index (χ1) is 11.1. The van der Waals surface area contributed by atoms with Crippen LogP contribution in [0.15, 0.2) is 48.5 Å². The molecule has 1 aliphatic rings. The van der Waals surface area contributed by atoms with Crippen LogP contribution in [0.4, 0.5) is 5.69 Å². The Morgan fingerprint density at radius 2 is 2.04 bits per heavy atom. The molecule has 3 nitrogen and oxygen atoms in total. The second-order valence-electron chi connectivity index (χ2n) is 6.21. The number of rotatable bonds is 3. The summed E-state index contributed by atoms with van der Waals surface area (Å²) in [6.45, 7) is 4.10. The molecule has 23 heavy (non-hydrogen) atoms. The largest absolute Gasteiger partial charge is 0.323 e. The highest BCUT2D eigenvalue weighted by molar-refractivity contribution is 6.01. The van der Waals surface area contributed by atoms with Crippen molar-refractivity contribution >= 4 is 17.7 Å². The number of benzene rings is 2. The molecule has 0 unspecified atom stereocenters. The molecular weight excluding hydrogens is 284 g/mol. The van der Waals surface area contributed by atoms with Crippen LogP contribution in [0.2, 0.25) is 0 Å². The van der Waals surface area contributed by atoms with Gasteiger partial charge in [-0.1, -0.05) is 30.3 Å². The summed E-state index contributed by atoms with van der Waals surface area (Å²) in [4.78, 5) is 14.4. The number of anilines is 1. The van der Waals surface area contributed by atoms with Crippen LogP contribution in [0.5, 0.6) is 0 Å². The zero-order valence-electron chi connectivity index (χ0n) is 13.7. The van der Waals surface area contributed by atoms with Crippen LogP contribution in [-0.4, -0.2) is 24.4 Å². The Labute approximate surface area is 137 Å². The summed E-state index contributed by atoms with van der Waals surface area (Å²) in [7, 11) is 2.14. The van der Waals surface area contributed by atoms with Gasteiger partial charge in [-0.15, -0.1) is 0 Å². The van der Waals surface area contributed by atoms with Crippen LogP contribution in [0, 0.1) is 6.92 Å². The maximum Gasteiger partial charge on any atom is 0.248 e. The van der Waals surface area contributed by atoms with Gasteiger partial charge in [0.2, 0.25) is 5.91 Å². The highest BCUT2D eigenvalue weighted by Gasteiger charge is 2.12. The van der Waals surface area contributed by atoms with E-state index < -0.39 is 0 Å². The van der Waals surface area contributed by atoms with Crippen molar-refractivity contribution in [2.75, 3.05) is 18.9 Å². The lowest BCUT2D eigenvalue weighted by atomic mass is 9.97. The lowest BCUT2D eigenvalue weighted by Gasteiger charge is -2.25. The van der Waals surface area contributed by atoms with Crippen molar-refractivity contribution in [3.05, 3.63) is 70.8 Å². The van der Waals surface area contributed by atoms with Crippen LogP contribution in [0.1, 0.15) is 22.3 Å². The van der Waals surface area contributed by atoms with E-state index in [0.29, 0.717) is 0 Å². The number of hydrogen-bond acceptors (Lipinski definition) is 2. The molecular formula is C20H22N2O. The predicted molar refractivity (Wildman–Crippen MR) is 95.3 cm³/mol. The first-order valence-electron chi connectivity index (χ1n) is 7.96. The Kier molecular flexibility index (Phi) is 4.58. The van der Waals surface area contributed by atoms with Gasteiger partial charge in [0.1, 0.15) is 0 Å². The Balaban J connectivity index is 1.68. The third-order valence-electron chi connectivity index (χ3n) is 4.15. The van der Waals surface area contributed by atoms with Gasteiger partial charge >= 0.3 is 0 Å². The molecule has 0 saturated carbocycles. The number of aryl methyl sites for hydroxylation is 1. The molecule has 0 spiro atoms. The summed E-state index contributed by atoms with van der Waals surface area (Å²) in [5.74, 6) is -0.106. The normalized spacial score (nSPS) is 14.7. The maximum atomic E-state index is 12.0. The molecule has 1 amide bonds. The number of fused-ring (bicyclic) bond motifs is 1. The molecule has 1 aliphatic heterocycles. The molecule has 0 aromatic heterocycles. The van der Waals surface area contributed by atoms with E-state index in [1.54, 1.807) is 6.08 Å². The number of amides is 1. The Hall–Kier alpha value is -2.39. The van der Waals surface area contributed by atoms with Gasteiger partial charge in [0, 0.05) is 24.9 Å². The van der Waals surface area contributed by atoms with Crippen LogP contribution >= 0.6 is 0 Å². The van der Waals surface area contributed by atoms with E-state index in [4.69, 9.17) is 0 Å². The summed E-state index contributed by atoms with van der Waals surface area (Å²) in [6.07, 6.45) is 4.57. The maximum absolute atomic E-state index is 12.0. The summed E-state index contributed by atoms with van der Waals surface area (Å²) >= 11 is 0. The number of carbonyl (C=O) groups is 1. The average Bonchev–Trinajstić information content (AvgIpc) is 2.52. The van der Waals surface area contributed by atoms with E-state index in [9.17, 15) is 4.79 Å². The average molecular weight is 306 g/mol. The van der Waals surface area contributed by atoms with Gasteiger partial charge < -0.3 is 10.2 Å². The smallest absolute Gasteiger partial charge is 0.248 e. The molecule has 0 atom stereocenters. The van der Waals surface area contributed by atoms with Crippen LogP contribution < -0.4 is 5.32 Å². The molecule has 3 rings (SSSR count). The van der Waals surface area contributed by atoms with Crippen molar-refractivity contribution in [1.82, 2.24) is 4.90 Å². The fraction of sp³-hybridized carbons (Fsp3) is 0.250. The Morgan fingerprint density at radius 1 is 1.17 bits per heavy atom. The number of hydrogen-bond donors (Lipinski definition) is 1. The lowest BCUT2D eigenvalue weighted by molar-refractivity contribution is -0.111. The van der Waals surface area contributed by atoms with Gasteiger partial charge in [-0.3, -0.25) is 4.79 Å². The second kappa shape index (κ2) is 6.80. The van der Waals surface area contributed by atoms with E-state index >= 15 is 0 Å². The summed E-state index contributed by atoms with van der Waals surface area (Å²) in [5, 5.41) is 2.89. The summed E-state index contributed by atoms with van der Waals surface area (Å²) < 4.78 is 0. The van der Waals surface area contributed by atoms with E-state index in [1.165, 1.54) is 11.1 Å². The zero-order valence-corrected chi connectivity index (χ0v) is 13.7. The van der Waals surface area contributed by atoms with Crippen molar-refractivity contribution in [3.63, 3.8) is 0 Å². The van der Waals surface area contributed by atoms with Crippen molar-refractivity contribution < 1.29 is 4.79 Å². The van der Waals surface area contributed by atoms with Gasteiger partial charge in [0.15, 0.2) is 0 Å². The van der Waals surface area contributed by atoms with Crippen LogP contribution in [0.25, 0.3) is 6.08 Å². The Morgan fingerprint density at radius 3 is 2.87 bits per heavy atom. The quantitative estimate of drug-likeness (QED) is 0.878. The molecule has 1 heterocycles. The Bertz CT molecular complexity index is 749. The van der Waals surface area contributed by atoms with Gasteiger partial charge in [-0.2, -0.15) is 0 Å². The standard InChI is InChI=1S/C20H22N2O/c1-15-4-3-5-19(12-15)21-20(23)9-7-16-6-8-17-10-11-22(2)14-18(17)13-16/h3-9,12-13H,10-11,14H2,1-2H3,(H,21,23)/b9-7+. The third kappa shape index (κ3) is 4.08. The summed E-state index contributed by atoms with van der Waals surface area (Å²) in [5.41, 5.74) is 5.81. The van der Waals surface area contributed by atoms with Crippen molar-refractivity contribution in [2.24, 2.45) is 0 Å². The zero-order chi connectivity index (χ0) is 16.2. The highest BCUT2D eigenvalue weighted by atomic mass is 16.1. The minimum Gasteiger partial charge on any atom is -0.323 e. The molecule has 1 N–H and O–H groups in total. The lowest BCUT2D eigenvalue weighted by Crippen LogP contribution is -2.26. The molecule has 0 radical (unpaired) electrons. The number of carbonyl (C=O) groups excluding carboxylic acids is 1. The molecule has 2 aromatic rings. The van der Waals surface area contributed by atoms with Crippen LogP contribution in [0.3, 0.4) is 0 Å². The second-order valence-corrected chi connectivity index (χ2v) is 6.21. The molecule has 0 fully saturated rings. The topological polar surface area (TPSA) is 32.3 Å². The number of nitrogens with zero attached hydrogens (tertiary/aromatic N) is 1. The minimum absolute atomic E-state index is 0.106. The molecule has 118 valence electrons. The molecule has 3 heteroatoms. The SMILES string of the molecule is Cc1cccc(NC(=O)/C=C/c2ccc3c(c2)CN(C)CC3)c1. The van der Waals surface area contributed by atoms with Crippen molar-refractivity contribution in [1.29, 1.82) is 0 Å². The first-order valence-corrected chi connectivity index (χ1v) is 7.96. The highest BCUT2D eigenvalue weighted by Crippen LogP contribution is 2.20.